The van der Waals surface area contributed by atoms with Crippen LogP contribution >= 0.6 is 0 Å². The zero-order valence-corrected chi connectivity index (χ0v) is 19.3. The average Bonchev–Trinajstić information content (AvgIpc) is 2.80. The molecule has 1 N–H and O–H groups in total. The lowest BCUT2D eigenvalue weighted by atomic mass is 9.96. The Labute approximate surface area is 188 Å². The van der Waals surface area contributed by atoms with Crippen molar-refractivity contribution in [1.29, 1.82) is 0 Å². The number of amides is 2. The monoisotopic (exact) mass is 466 g/mol. The molecule has 2 unspecified atom stereocenters. The van der Waals surface area contributed by atoms with Gasteiger partial charge in [-0.15, -0.1) is 0 Å². The number of anilines is 2. The standard InChI is InChI=1S/C21H30N4O6S/c1-23(2)32(28,29)16-6-7-17-19(11-16)25(21(27)18-5-3-4-8-24(17)18)13-20(26)22-12-15-14-30-9-10-31-15/h6-7,11,15,18H,3-5,8-10,12-14H2,1-2H3,(H,22,26). The van der Waals surface area contributed by atoms with E-state index in [1.165, 1.54) is 25.1 Å². The minimum atomic E-state index is -3.69. The summed E-state index contributed by atoms with van der Waals surface area (Å²) < 4.78 is 37.4. The van der Waals surface area contributed by atoms with E-state index in [2.05, 4.69) is 5.32 Å². The number of piperidine rings is 1. The Hall–Kier alpha value is -2.21. The van der Waals surface area contributed by atoms with Gasteiger partial charge in [0.15, 0.2) is 0 Å². The summed E-state index contributed by atoms with van der Waals surface area (Å²) in [6.45, 7) is 2.27. The van der Waals surface area contributed by atoms with E-state index in [1.54, 1.807) is 12.1 Å². The molecular weight excluding hydrogens is 436 g/mol. The molecule has 2 fully saturated rings. The van der Waals surface area contributed by atoms with Crippen LogP contribution in [-0.2, 0) is 29.1 Å². The van der Waals surface area contributed by atoms with Crippen molar-refractivity contribution in [2.45, 2.75) is 36.3 Å². The number of fused-ring (bicyclic) bond motifs is 3. The third-order valence-corrected chi connectivity index (χ3v) is 7.90. The van der Waals surface area contributed by atoms with Gasteiger partial charge in [-0.1, -0.05) is 0 Å². The van der Waals surface area contributed by atoms with Crippen LogP contribution in [0.15, 0.2) is 23.1 Å². The maximum Gasteiger partial charge on any atom is 0.250 e. The molecule has 0 aliphatic carbocycles. The van der Waals surface area contributed by atoms with Crippen molar-refractivity contribution < 1.29 is 27.5 Å². The molecule has 2 saturated heterocycles. The number of carbonyl (C=O) groups is 2. The van der Waals surface area contributed by atoms with Gasteiger partial charge in [0.2, 0.25) is 21.8 Å². The second-order valence-electron chi connectivity index (χ2n) is 8.44. The highest BCUT2D eigenvalue weighted by Crippen LogP contribution is 2.40. The summed E-state index contributed by atoms with van der Waals surface area (Å²) in [5.74, 6) is -0.507. The molecule has 1 aromatic carbocycles. The molecule has 176 valence electrons. The lowest BCUT2D eigenvalue weighted by molar-refractivity contribution is -0.126. The quantitative estimate of drug-likeness (QED) is 0.637. The third kappa shape index (κ3) is 4.47. The van der Waals surface area contributed by atoms with Gasteiger partial charge in [-0.2, -0.15) is 0 Å². The topological polar surface area (TPSA) is 108 Å². The minimum absolute atomic E-state index is 0.0858. The number of hydrogen-bond donors (Lipinski definition) is 1. The van der Waals surface area contributed by atoms with E-state index in [0.29, 0.717) is 38.5 Å². The highest BCUT2D eigenvalue weighted by Gasteiger charge is 2.40. The second-order valence-corrected chi connectivity index (χ2v) is 10.6. The van der Waals surface area contributed by atoms with Crippen molar-refractivity contribution in [2.75, 3.05) is 63.4 Å². The van der Waals surface area contributed by atoms with Gasteiger partial charge in [0.25, 0.3) is 0 Å². The van der Waals surface area contributed by atoms with Crippen molar-refractivity contribution in [1.82, 2.24) is 9.62 Å². The lowest BCUT2D eigenvalue weighted by Gasteiger charge is -2.45. The average molecular weight is 467 g/mol. The number of hydrogen-bond acceptors (Lipinski definition) is 7. The number of ether oxygens (including phenoxy) is 2. The zero-order chi connectivity index (χ0) is 22.9. The number of nitrogens with one attached hydrogen (secondary N) is 1. The molecule has 4 rings (SSSR count). The van der Waals surface area contributed by atoms with E-state index in [0.717, 1.165) is 29.4 Å². The third-order valence-electron chi connectivity index (χ3n) is 6.09. The van der Waals surface area contributed by atoms with Gasteiger partial charge in [-0.25, -0.2) is 12.7 Å². The van der Waals surface area contributed by atoms with Crippen molar-refractivity contribution in [3.63, 3.8) is 0 Å². The maximum atomic E-state index is 13.4. The smallest absolute Gasteiger partial charge is 0.250 e. The van der Waals surface area contributed by atoms with Crippen LogP contribution in [0.3, 0.4) is 0 Å². The van der Waals surface area contributed by atoms with Crippen molar-refractivity contribution in [2.24, 2.45) is 0 Å². The fourth-order valence-corrected chi connectivity index (χ4v) is 5.28. The van der Waals surface area contributed by atoms with Gasteiger partial charge in [0, 0.05) is 27.2 Å². The molecule has 2 atom stereocenters. The Balaban J connectivity index is 1.60. The Bertz CT molecular complexity index is 977. The molecule has 0 radical (unpaired) electrons. The van der Waals surface area contributed by atoms with Gasteiger partial charge in [0.1, 0.15) is 12.6 Å². The normalized spacial score (nSPS) is 23.7. The van der Waals surface area contributed by atoms with Crippen LogP contribution in [0.2, 0.25) is 0 Å². The number of benzene rings is 1. The molecule has 10 nitrogen and oxygen atoms in total. The van der Waals surface area contributed by atoms with Crippen molar-refractivity contribution >= 4 is 33.2 Å². The van der Waals surface area contributed by atoms with Crippen LogP contribution in [0.4, 0.5) is 11.4 Å². The van der Waals surface area contributed by atoms with E-state index in [-0.39, 0.29) is 35.4 Å². The summed E-state index contributed by atoms with van der Waals surface area (Å²) in [5.41, 5.74) is 1.23. The number of nitrogens with zero attached hydrogens (tertiary/aromatic N) is 3. The second kappa shape index (κ2) is 9.34. The summed E-state index contributed by atoms with van der Waals surface area (Å²) in [5, 5.41) is 2.81. The SMILES string of the molecule is CN(C)S(=O)(=O)c1ccc2c(c1)N(CC(=O)NCC1COCCO1)C(=O)C1CCCCN21. The van der Waals surface area contributed by atoms with E-state index in [9.17, 15) is 18.0 Å². The molecule has 32 heavy (non-hydrogen) atoms. The lowest BCUT2D eigenvalue weighted by Crippen LogP contribution is -2.57. The van der Waals surface area contributed by atoms with E-state index in [1.807, 2.05) is 4.90 Å². The van der Waals surface area contributed by atoms with Crippen LogP contribution < -0.4 is 15.1 Å². The number of rotatable bonds is 6. The first-order chi connectivity index (χ1) is 15.3. The first-order valence-corrected chi connectivity index (χ1v) is 12.3. The van der Waals surface area contributed by atoms with Crippen LogP contribution in [0.25, 0.3) is 0 Å². The molecule has 0 bridgehead atoms. The molecule has 3 heterocycles. The van der Waals surface area contributed by atoms with Crippen LogP contribution in [-0.4, -0.2) is 90.2 Å². The first kappa shape index (κ1) is 23.0. The summed E-state index contributed by atoms with van der Waals surface area (Å²) in [6.07, 6.45) is 2.39. The first-order valence-electron chi connectivity index (χ1n) is 10.9. The fourth-order valence-electron chi connectivity index (χ4n) is 4.35. The molecule has 2 amide bonds. The van der Waals surface area contributed by atoms with Crippen molar-refractivity contribution in [3.8, 4) is 0 Å². The van der Waals surface area contributed by atoms with E-state index < -0.39 is 10.0 Å². The predicted molar refractivity (Wildman–Crippen MR) is 118 cm³/mol. The number of sulfonamides is 1. The van der Waals surface area contributed by atoms with Crippen LogP contribution in [0.1, 0.15) is 19.3 Å². The highest BCUT2D eigenvalue weighted by atomic mass is 32.2. The van der Waals surface area contributed by atoms with Gasteiger partial charge >= 0.3 is 0 Å². The predicted octanol–water partition coefficient (Wildman–Crippen LogP) is 0.174. The largest absolute Gasteiger partial charge is 0.376 e. The van der Waals surface area contributed by atoms with Gasteiger partial charge in [-0.3, -0.25) is 14.5 Å². The van der Waals surface area contributed by atoms with Crippen LogP contribution in [0, 0.1) is 0 Å². The van der Waals surface area contributed by atoms with Gasteiger partial charge in [-0.05, 0) is 37.5 Å². The molecule has 0 saturated carbocycles. The summed E-state index contributed by atoms with van der Waals surface area (Å²) in [7, 11) is -0.766. The molecule has 0 spiro atoms. The fraction of sp³-hybridized carbons (Fsp3) is 0.619. The Morgan fingerprint density at radius 2 is 2.03 bits per heavy atom. The van der Waals surface area contributed by atoms with E-state index in [4.69, 9.17) is 9.47 Å². The summed E-state index contributed by atoms with van der Waals surface area (Å²) in [4.78, 5) is 29.6. The molecule has 11 heteroatoms. The molecule has 0 aromatic heterocycles. The molecule has 3 aliphatic heterocycles. The molecule has 1 aromatic rings. The van der Waals surface area contributed by atoms with Crippen molar-refractivity contribution in [3.05, 3.63) is 18.2 Å². The van der Waals surface area contributed by atoms with Gasteiger partial charge in [0.05, 0.1) is 42.2 Å². The Kier molecular flexibility index (Phi) is 6.70. The highest BCUT2D eigenvalue weighted by molar-refractivity contribution is 7.89. The maximum absolute atomic E-state index is 13.4. The summed E-state index contributed by atoms with van der Waals surface area (Å²) in [6, 6.07) is 4.47. The Morgan fingerprint density at radius 3 is 2.75 bits per heavy atom. The van der Waals surface area contributed by atoms with Gasteiger partial charge < -0.3 is 19.7 Å². The Morgan fingerprint density at radius 1 is 1.22 bits per heavy atom. The van der Waals surface area contributed by atoms with E-state index >= 15 is 0 Å². The van der Waals surface area contributed by atoms with Crippen LogP contribution in [0.5, 0.6) is 0 Å². The minimum Gasteiger partial charge on any atom is -0.376 e. The summed E-state index contributed by atoms with van der Waals surface area (Å²) >= 11 is 0. The molecule has 3 aliphatic rings. The molecular formula is C21H30N4O6S. The number of carbonyl (C=O) groups excluding carboxylic acids is 2. The zero-order valence-electron chi connectivity index (χ0n) is 18.5.